The highest BCUT2D eigenvalue weighted by Crippen LogP contribution is 2.62. The minimum atomic E-state index is -2.68. The van der Waals surface area contributed by atoms with E-state index in [2.05, 4.69) is 52.6 Å². The molecule has 154 valence electrons. The van der Waals surface area contributed by atoms with E-state index in [9.17, 15) is 0 Å². The smallest absolute Gasteiger partial charge is 0.207 e. The van der Waals surface area contributed by atoms with Crippen LogP contribution in [-0.2, 0) is 0 Å². The Bertz CT molecular complexity index is 1100. The first kappa shape index (κ1) is 22.7. The van der Waals surface area contributed by atoms with Crippen molar-refractivity contribution in [2.75, 3.05) is 0 Å². The molecule has 0 unspecified atom stereocenters. The van der Waals surface area contributed by atoms with Crippen molar-refractivity contribution >= 4 is 61.9 Å². The lowest BCUT2D eigenvalue weighted by molar-refractivity contribution is 0.525. The van der Waals surface area contributed by atoms with Crippen LogP contribution in [0.4, 0.5) is 5.69 Å². The molecule has 7 heteroatoms. The number of nitrogens with zero attached hydrogens (tertiary/aromatic N) is 1. The summed E-state index contributed by atoms with van der Waals surface area (Å²) < 4.78 is 19.9. The SMILES string of the molecule is Cc1ccc([P@](=Nc2ccc(C)c(Cl)c2)(Oc2ccc(Br)cc2Br)C(C)(C)C)o1. The first-order valence-corrected chi connectivity index (χ1v) is 12.7. The van der Waals surface area contributed by atoms with Crippen molar-refractivity contribution in [3.8, 4) is 5.75 Å². The highest BCUT2D eigenvalue weighted by Gasteiger charge is 2.42. The van der Waals surface area contributed by atoms with Crippen LogP contribution in [-0.4, -0.2) is 5.16 Å². The molecule has 0 fully saturated rings. The number of hydrogen-bond acceptors (Lipinski definition) is 3. The molecule has 1 atom stereocenters. The largest absolute Gasteiger partial charge is 0.457 e. The fourth-order valence-corrected chi connectivity index (χ4v) is 7.14. The zero-order valence-electron chi connectivity index (χ0n) is 17.0. The Balaban J connectivity index is 2.31. The highest BCUT2D eigenvalue weighted by atomic mass is 79.9. The number of furan rings is 1. The fourth-order valence-electron chi connectivity index (χ4n) is 2.81. The summed E-state index contributed by atoms with van der Waals surface area (Å²) in [6, 6.07) is 15.6. The molecule has 3 rings (SSSR count). The van der Waals surface area contributed by atoms with Gasteiger partial charge < -0.3 is 8.94 Å². The van der Waals surface area contributed by atoms with Gasteiger partial charge in [0.1, 0.15) is 11.5 Å². The van der Waals surface area contributed by atoms with E-state index in [0.29, 0.717) is 10.8 Å². The molecule has 1 heterocycles. The number of rotatable bonds is 4. The van der Waals surface area contributed by atoms with E-state index in [1.807, 2.05) is 62.4 Å². The maximum absolute atomic E-state index is 6.77. The molecule has 3 nitrogen and oxygen atoms in total. The van der Waals surface area contributed by atoms with Gasteiger partial charge in [-0.05, 0) is 77.8 Å². The van der Waals surface area contributed by atoms with Gasteiger partial charge in [-0.2, -0.15) is 0 Å². The van der Waals surface area contributed by atoms with Gasteiger partial charge in [-0.15, -0.1) is 0 Å². The van der Waals surface area contributed by atoms with Crippen molar-refractivity contribution in [2.24, 2.45) is 4.74 Å². The average Bonchev–Trinajstić information content (AvgIpc) is 3.05. The Morgan fingerprint density at radius 2 is 1.72 bits per heavy atom. The van der Waals surface area contributed by atoms with Gasteiger partial charge >= 0.3 is 0 Å². The van der Waals surface area contributed by atoms with Crippen molar-refractivity contribution in [1.82, 2.24) is 0 Å². The third-order valence-corrected chi connectivity index (χ3v) is 9.62. The molecule has 0 amide bonds. The van der Waals surface area contributed by atoms with Gasteiger partial charge in [-0.25, -0.2) is 4.74 Å². The van der Waals surface area contributed by atoms with Crippen molar-refractivity contribution in [1.29, 1.82) is 0 Å². The fraction of sp³-hybridized carbons (Fsp3) is 0.273. The molecular weight excluding hydrogens is 536 g/mol. The summed E-state index contributed by atoms with van der Waals surface area (Å²) in [6.45, 7) is 10.3. The van der Waals surface area contributed by atoms with Crippen LogP contribution >= 0.6 is 50.7 Å². The molecule has 0 saturated heterocycles. The quantitative estimate of drug-likeness (QED) is 0.299. The van der Waals surface area contributed by atoms with E-state index in [4.69, 9.17) is 25.3 Å². The topological polar surface area (TPSA) is 34.7 Å². The monoisotopic (exact) mass is 557 g/mol. The minimum absolute atomic E-state index is 0.332. The standard InChI is InChI=1S/C22H23Br2ClNO2P/c1-14-6-9-17(13-19(14)25)26-29(22(3,4)5,21-11-7-15(2)27-21)28-20-10-8-16(23)12-18(20)24/h6-13H,1-5H3/t29-/m0/s1. The summed E-state index contributed by atoms with van der Waals surface area (Å²) in [5, 5.41) is 0.347. The third-order valence-electron chi connectivity index (χ3n) is 4.47. The number of hydrogen-bond donors (Lipinski definition) is 0. The maximum Gasteiger partial charge on any atom is 0.207 e. The lowest BCUT2D eigenvalue weighted by Gasteiger charge is -2.35. The van der Waals surface area contributed by atoms with Gasteiger partial charge in [0.15, 0.2) is 5.50 Å². The summed E-state index contributed by atoms with van der Waals surface area (Å²) in [5.41, 5.74) is 2.52. The molecule has 0 aliphatic heterocycles. The number of halogens is 3. The van der Waals surface area contributed by atoms with Crippen molar-refractivity contribution in [2.45, 2.75) is 39.8 Å². The molecule has 0 bridgehead atoms. The van der Waals surface area contributed by atoms with Crippen LogP contribution in [0.15, 0.2) is 66.6 Å². The first-order valence-electron chi connectivity index (χ1n) is 9.12. The van der Waals surface area contributed by atoms with E-state index in [0.717, 1.165) is 31.5 Å². The normalized spacial score (nSPS) is 13.8. The summed E-state index contributed by atoms with van der Waals surface area (Å²) >= 11 is 13.5. The predicted molar refractivity (Wildman–Crippen MR) is 130 cm³/mol. The van der Waals surface area contributed by atoms with Crippen LogP contribution in [0.25, 0.3) is 0 Å². The Labute approximate surface area is 194 Å². The molecular formula is C22H23Br2ClNO2P. The molecule has 0 aliphatic carbocycles. The van der Waals surface area contributed by atoms with Crippen molar-refractivity contribution in [3.63, 3.8) is 0 Å². The number of aryl methyl sites for hydroxylation is 2. The molecule has 0 spiro atoms. The second-order valence-corrected chi connectivity index (χ2v) is 13.3. The van der Waals surface area contributed by atoms with Crippen LogP contribution in [0.2, 0.25) is 5.02 Å². The zero-order valence-corrected chi connectivity index (χ0v) is 21.8. The van der Waals surface area contributed by atoms with Gasteiger partial charge in [0.2, 0.25) is 7.28 Å². The zero-order chi connectivity index (χ0) is 21.4. The summed E-state index contributed by atoms with van der Waals surface area (Å²) in [4.78, 5) is 0. The molecule has 2 aromatic carbocycles. The van der Waals surface area contributed by atoms with Gasteiger partial charge in [0, 0.05) is 14.7 Å². The van der Waals surface area contributed by atoms with Crippen LogP contribution < -0.4 is 10.0 Å². The molecule has 0 saturated carbocycles. The summed E-state index contributed by atoms with van der Waals surface area (Å²) in [5.74, 6) is 1.54. The van der Waals surface area contributed by atoms with Crippen molar-refractivity contribution < 1.29 is 8.94 Å². The lowest BCUT2D eigenvalue weighted by atomic mass is 10.2. The molecule has 0 aliphatic rings. The lowest BCUT2D eigenvalue weighted by Crippen LogP contribution is -2.26. The minimum Gasteiger partial charge on any atom is -0.457 e. The third kappa shape index (κ3) is 4.85. The Kier molecular flexibility index (Phi) is 6.75. The molecule has 0 N–H and O–H groups in total. The summed E-state index contributed by atoms with van der Waals surface area (Å²) in [6.07, 6.45) is 0. The van der Waals surface area contributed by atoms with Crippen LogP contribution in [0.1, 0.15) is 32.1 Å². The molecule has 29 heavy (non-hydrogen) atoms. The van der Waals surface area contributed by atoms with Crippen molar-refractivity contribution in [3.05, 3.63) is 73.8 Å². The average molecular weight is 560 g/mol. The van der Waals surface area contributed by atoms with Gasteiger partial charge in [-0.1, -0.05) is 54.4 Å². The van der Waals surface area contributed by atoms with Gasteiger partial charge in [0.25, 0.3) is 0 Å². The first-order chi connectivity index (χ1) is 13.5. The van der Waals surface area contributed by atoms with E-state index < -0.39 is 7.28 Å². The van der Waals surface area contributed by atoms with E-state index in [1.54, 1.807) is 0 Å². The maximum atomic E-state index is 6.77. The molecule has 0 radical (unpaired) electrons. The Morgan fingerprint density at radius 1 is 1.00 bits per heavy atom. The predicted octanol–water partition coefficient (Wildman–Crippen LogP) is 9.03. The Hall–Kier alpha value is -1.000. The second kappa shape index (κ2) is 8.63. The van der Waals surface area contributed by atoms with Crippen LogP contribution in [0, 0.1) is 13.8 Å². The van der Waals surface area contributed by atoms with Gasteiger partial charge in [-0.3, -0.25) is 0 Å². The van der Waals surface area contributed by atoms with E-state index in [-0.39, 0.29) is 5.16 Å². The molecule has 1 aromatic heterocycles. The number of benzene rings is 2. The van der Waals surface area contributed by atoms with Gasteiger partial charge in [0.05, 0.1) is 10.2 Å². The van der Waals surface area contributed by atoms with E-state index in [1.165, 1.54) is 0 Å². The van der Waals surface area contributed by atoms with Crippen LogP contribution in [0.3, 0.4) is 0 Å². The van der Waals surface area contributed by atoms with Crippen LogP contribution in [0.5, 0.6) is 5.75 Å². The second-order valence-electron chi connectivity index (χ2n) is 7.83. The van der Waals surface area contributed by atoms with E-state index >= 15 is 0 Å². The summed E-state index contributed by atoms with van der Waals surface area (Å²) in [7, 11) is -2.68. The molecule has 3 aromatic rings. The highest BCUT2D eigenvalue weighted by molar-refractivity contribution is 9.11. The Morgan fingerprint density at radius 3 is 2.28 bits per heavy atom.